The maximum atomic E-state index is 15.0. The van der Waals surface area contributed by atoms with E-state index in [4.69, 9.17) is 9.57 Å². The fraction of sp³-hybridized carbons (Fsp3) is 0.692. The molecule has 0 aromatic heterocycles. The van der Waals surface area contributed by atoms with Crippen molar-refractivity contribution < 1.29 is 27.7 Å². The van der Waals surface area contributed by atoms with Crippen LogP contribution in [0.5, 0.6) is 0 Å². The van der Waals surface area contributed by atoms with Crippen molar-refractivity contribution in [3.8, 4) is 0 Å². The fourth-order valence-corrected chi connectivity index (χ4v) is 4.99. The van der Waals surface area contributed by atoms with Gasteiger partial charge in [0.2, 0.25) is 0 Å². The predicted molar refractivity (Wildman–Crippen MR) is 142 cm³/mol. The molecule has 0 bridgehead atoms. The Kier molecular flexibility index (Phi) is 10.0. The van der Waals surface area contributed by atoms with Gasteiger partial charge in [0.05, 0.1) is 23.5 Å². The molecule has 2 saturated heterocycles. The molecular weight excluding hydrogens is 502 g/mol. The van der Waals surface area contributed by atoms with Crippen molar-refractivity contribution in [3.05, 3.63) is 29.3 Å². The number of nitrogens with one attached hydrogen (secondary N) is 1. The third kappa shape index (κ3) is 8.19. The molecule has 2 atom stereocenters. The normalized spacial score (nSPS) is 19.1. The molecule has 0 saturated carbocycles. The average Bonchev–Trinajstić information content (AvgIpc) is 2.83. The maximum Gasteiger partial charge on any atom is 0.410 e. The van der Waals surface area contributed by atoms with Gasteiger partial charge in [-0.15, -0.1) is 4.72 Å². The standard InChI is InChI=1S/C26H40F2N4O4S/c1-17(2)35-25(33)32-13-9-20(10-14-32)36-29-19-7-11-31(12-8-19)24-16-22(27)21(15-23(24)28)18(3)30-37(34)26(4,5)6/h15-18,20,30H,7-14H2,1-6H3. The number of benzene rings is 1. The molecule has 2 aliphatic rings. The van der Waals surface area contributed by atoms with Crippen LogP contribution in [-0.4, -0.2) is 64.4 Å². The van der Waals surface area contributed by atoms with Crippen LogP contribution < -0.4 is 9.62 Å². The second-order valence-electron chi connectivity index (χ2n) is 10.9. The molecule has 1 aromatic carbocycles. The Morgan fingerprint density at radius 3 is 2.30 bits per heavy atom. The van der Waals surface area contributed by atoms with Gasteiger partial charge in [-0.3, -0.25) is 0 Å². The first-order chi connectivity index (χ1) is 17.3. The van der Waals surface area contributed by atoms with Crippen molar-refractivity contribution in [1.29, 1.82) is 0 Å². The van der Waals surface area contributed by atoms with E-state index in [1.165, 1.54) is 12.1 Å². The number of hydrogen-bond donors (Lipinski definition) is 1. The highest BCUT2D eigenvalue weighted by Crippen LogP contribution is 2.29. The summed E-state index contributed by atoms with van der Waals surface area (Å²) < 4.78 is 49.8. The van der Waals surface area contributed by atoms with E-state index >= 15 is 0 Å². The summed E-state index contributed by atoms with van der Waals surface area (Å²) in [5, 5.41) is 4.33. The Bertz CT molecular complexity index is 955. The van der Waals surface area contributed by atoms with Gasteiger partial charge < -0.3 is 23.9 Å². The third-order valence-corrected chi connectivity index (χ3v) is 8.10. The van der Waals surface area contributed by atoms with Crippen LogP contribution in [0, 0.1) is 11.6 Å². The fourth-order valence-electron chi connectivity index (χ4n) is 4.19. The van der Waals surface area contributed by atoms with Crippen molar-refractivity contribution in [2.45, 2.75) is 90.2 Å². The molecule has 1 N–H and O–H groups in total. The Labute approximate surface area is 222 Å². The second kappa shape index (κ2) is 12.6. The van der Waals surface area contributed by atoms with Crippen molar-refractivity contribution in [2.75, 3.05) is 31.1 Å². The molecule has 0 aliphatic carbocycles. The lowest BCUT2D eigenvalue weighted by atomic mass is 10.0. The number of likely N-dealkylation sites (tertiary alicyclic amines) is 1. The first kappa shape index (κ1) is 29.4. The van der Waals surface area contributed by atoms with Crippen LogP contribution in [0.15, 0.2) is 17.3 Å². The molecule has 2 heterocycles. The third-order valence-electron chi connectivity index (χ3n) is 6.42. The molecule has 8 nitrogen and oxygen atoms in total. The number of nitrogens with zero attached hydrogens (tertiary/aromatic N) is 3. The lowest BCUT2D eigenvalue weighted by Gasteiger charge is -2.32. The lowest BCUT2D eigenvalue weighted by Crippen LogP contribution is -2.41. The van der Waals surface area contributed by atoms with E-state index in [0.29, 0.717) is 51.9 Å². The summed E-state index contributed by atoms with van der Waals surface area (Å²) >= 11 is -1.40. The molecule has 2 aliphatic heterocycles. The molecule has 2 unspecified atom stereocenters. The number of carbonyl (C=O) groups excluding carboxylic acids is 1. The van der Waals surface area contributed by atoms with E-state index in [1.807, 2.05) is 39.5 Å². The number of hydrogen-bond acceptors (Lipinski definition) is 7. The molecule has 0 radical (unpaired) electrons. The molecule has 1 amide bonds. The highest BCUT2D eigenvalue weighted by molar-refractivity contribution is 7.90. The molecule has 2 fully saturated rings. The van der Waals surface area contributed by atoms with Crippen LogP contribution in [0.1, 0.15) is 78.8 Å². The van der Waals surface area contributed by atoms with E-state index in [9.17, 15) is 18.1 Å². The topological polar surface area (TPSA) is 89.5 Å². The zero-order chi connectivity index (χ0) is 27.3. The highest BCUT2D eigenvalue weighted by Gasteiger charge is 2.30. The van der Waals surface area contributed by atoms with Gasteiger partial charge >= 0.3 is 6.09 Å². The van der Waals surface area contributed by atoms with Gasteiger partial charge in [-0.25, -0.2) is 13.6 Å². The number of anilines is 1. The predicted octanol–water partition coefficient (Wildman–Crippen LogP) is 5.06. The maximum absolute atomic E-state index is 15.0. The Morgan fingerprint density at radius 1 is 1.11 bits per heavy atom. The van der Waals surface area contributed by atoms with Crippen molar-refractivity contribution in [1.82, 2.24) is 9.62 Å². The number of rotatable bonds is 7. The number of carbonyl (C=O) groups is 1. The summed E-state index contributed by atoms with van der Waals surface area (Å²) in [6.07, 6.45) is 2.04. The van der Waals surface area contributed by atoms with Crippen LogP contribution in [0.3, 0.4) is 0 Å². The van der Waals surface area contributed by atoms with Crippen LogP contribution in [0.4, 0.5) is 19.3 Å². The van der Waals surface area contributed by atoms with Gasteiger partial charge in [0.15, 0.2) is 0 Å². The lowest BCUT2D eigenvalue weighted by molar-refractivity contribution is 0.00415. The number of halogens is 2. The first-order valence-electron chi connectivity index (χ1n) is 12.9. The van der Waals surface area contributed by atoms with Gasteiger partial charge in [0.25, 0.3) is 0 Å². The van der Waals surface area contributed by atoms with E-state index in [-0.39, 0.29) is 29.6 Å². The molecule has 11 heteroatoms. The largest absolute Gasteiger partial charge is 0.598 e. The molecule has 1 aromatic rings. The minimum atomic E-state index is -1.40. The van der Waals surface area contributed by atoms with E-state index in [2.05, 4.69) is 9.88 Å². The molecular formula is C26H40F2N4O4S. The first-order valence-corrected chi connectivity index (χ1v) is 14.1. The van der Waals surface area contributed by atoms with Gasteiger partial charge in [-0.2, -0.15) is 0 Å². The number of ether oxygens (including phenoxy) is 1. The van der Waals surface area contributed by atoms with E-state index in [1.54, 1.807) is 11.8 Å². The van der Waals surface area contributed by atoms with Crippen LogP contribution >= 0.6 is 0 Å². The average molecular weight is 543 g/mol. The smallest absolute Gasteiger partial charge is 0.410 e. The van der Waals surface area contributed by atoms with Crippen LogP contribution in [0.2, 0.25) is 0 Å². The highest BCUT2D eigenvalue weighted by atomic mass is 32.2. The summed E-state index contributed by atoms with van der Waals surface area (Å²) in [6, 6.07) is 1.81. The van der Waals surface area contributed by atoms with Crippen LogP contribution in [-0.2, 0) is 20.9 Å². The minimum Gasteiger partial charge on any atom is -0.598 e. The molecule has 208 valence electrons. The SMILES string of the molecule is CC(C)OC(=O)N1CCC(ON=C2CCN(c3cc(F)c(C(C)N[S+]([O-])C(C)(C)C)cc3F)CC2)CC1. The zero-order valence-electron chi connectivity index (χ0n) is 22.7. The molecule has 0 spiro atoms. The van der Waals surface area contributed by atoms with Crippen molar-refractivity contribution >= 4 is 28.9 Å². The summed E-state index contributed by atoms with van der Waals surface area (Å²) in [5.41, 5.74) is 1.25. The summed E-state index contributed by atoms with van der Waals surface area (Å²) in [7, 11) is 0. The summed E-state index contributed by atoms with van der Waals surface area (Å²) in [5.74, 6) is -1.04. The van der Waals surface area contributed by atoms with Gasteiger partial charge in [-0.1, -0.05) is 5.16 Å². The number of piperidine rings is 2. The monoisotopic (exact) mass is 542 g/mol. The molecule has 37 heavy (non-hydrogen) atoms. The van der Waals surface area contributed by atoms with E-state index < -0.39 is 33.8 Å². The van der Waals surface area contributed by atoms with Gasteiger partial charge in [0.1, 0.15) is 22.5 Å². The van der Waals surface area contributed by atoms with Gasteiger partial charge in [-0.05, 0) is 47.6 Å². The summed E-state index contributed by atoms with van der Waals surface area (Å²) in [4.78, 5) is 21.2. The number of oxime groups is 1. The zero-order valence-corrected chi connectivity index (χ0v) is 23.5. The van der Waals surface area contributed by atoms with E-state index in [0.717, 1.165) is 5.71 Å². The molecule has 3 rings (SSSR count). The quantitative estimate of drug-likeness (QED) is 0.383. The Balaban J connectivity index is 1.51. The van der Waals surface area contributed by atoms with Crippen molar-refractivity contribution in [2.24, 2.45) is 5.16 Å². The minimum absolute atomic E-state index is 0.0593. The van der Waals surface area contributed by atoms with Gasteiger partial charge in [0, 0.05) is 74.9 Å². The number of amides is 1. The summed E-state index contributed by atoms with van der Waals surface area (Å²) in [6.45, 7) is 12.9. The Hall–Kier alpha value is -2.11. The Morgan fingerprint density at radius 2 is 1.73 bits per heavy atom. The van der Waals surface area contributed by atoms with Crippen molar-refractivity contribution in [3.63, 3.8) is 0 Å². The van der Waals surface area contributed by atoms with Crippen LogP contribution in [0.25, 0.3) is 0 Å². The second-order valence-corrected chi connectivity index (χ2v) is 12.9.